The molecular weight excluding hydrogens is 180 g/mol. The van der Waals surface area contributed by atoms with Gasteiger partial charge in [0.1, 0.15) is 0 Å². The molecule has 0 spiro atoms. The topological polar surface area (TPSA) is 54.0 Å². The first kappa shape index (κ1) is 11.6. The van der Waals surface area contributed by atoms with Gasteiger partial charge in [-0.2, -0.15) is 0 Å². The van der Waals surface area contributed by atoms with Crippen molar-refractivity contribution in [1.82, 2.24) is 0 Å². The van der Waals surface area contributed by atoms with Crippen molar-refractivity contribution < 1.29 is 22.5 Å². The van der Waals surface area contributed by atoms with E-state index in [4.69, 9.17) is 17.7 Å². The molecule has 0 aliphatic heterocycles. The van der Waals surface area contributed by atoms with Crippen LogP contribution in [0.2, 0.25) is 0 Å². The van der Waals surface area contributed by atoms with Gasteiger partial charge in [-0.15, -0.1) is 0 Å². The minimum Gasteiger partial charge on any atom is -0.452 e. The second-order valence-corrected chi connectivity index (χ2v) is 4.37. The third kappa shape index (κ3) is 2.90. The maximum atomic E-state index is 10.9. The summed E-state index contributed by atoms with van der Waals surface area (Å²) in [6.45, 7) is 1.68. The highest BCUT2D eigenvalue weighted by atomic mass is 28.4. The Balaban J connectivity index is 4.19. The number of rotatable bonds is 5. The molecule has 0 aromatic heterocycles. The third-order valence-corrected chi connectivity index (χ3v) is 3.26. The van der Waals surface area contributed by atoms with Crippen LogP contribution in [0.25, 0.3) is 0 Å². The molecule has 0 rings (SSSR count). The smallest absolute Gasteiger partial charge is 0.452 e. The lowest BCUT2D eigenvalue weighted by molar-refractivity contribution is -0.142. The van der Waals surface area contributed by atoms with Crippen molar-refractivity contribution in [3.63, 3.8) is 0 Å². The van der Waals surface area contributed by atoms with Gasteiger partial charge in [-0.1, -0.05) is 6.92 Å². The standard InChI is InChI=1S/C6H14O5Si/c1-5-6(7)11-12(8-2,9-3)10-4/h5H2,1-4H3. The van der Waals surface area contributed by atoms with Gasteiger partial charge in [0.15, 0.2) is 0 Å². The fourth-order valence-electron chi connectivity index (χ4n) is 0.587. The first-order chi connectivity index (χ1) is 5.64. The maximum absolute atomic E-state index is 10.9. The van der Waals surface area contributed by atoms with Crippen molar-refractivity contribution in [1.29, 1.82) is 0 Å². The predicted octanol–water partition coefficient (Wildman–Crippen LogP) is 0.314. The van der Waals surface area contributed by atoms with Gasteiger partial charge >= 0.3 is 9.05 Å². The summed E-state index contributed by atoms with van der Waals surface area (Å²) in [6, 6.07) is 0. The zero-order valence-electron chi connectivity index (χ0n) is 7.75. The van der Waals surface area contributed by atoms with Crippen LogP contribution in [0.5, 0.6) is 0 Å². The Morgan fingerprint density at radius 1 is 1.17 bits per heavy atom. The molecule has 72 valence electrons. The zero-order chi connectivity index (χ0) is 9.61. The van der Waals surface area contributed by atoms with Gasteiger partial charge in [0.05, 0.1) is 0 Å². The number of hydrogen-bond acceptors (Lipinski definition) is 5. The lowest BCUT2D eigenvalue weighted by atomic mass is 10.5. The van der Waals surface area contributed by atoms with E-state index in [0.717, 1.165) is 0 Å². The molecule has 0 bridgehead atoms. The molecule has 0 unspecified atom stereocenters. The van der Waals surface area contributed by atoms with Crippen molar-refractivity contribution in [2.75, 3.05) is 21.3 Å². The van der Waals surface area contributed by atoms with Crippen molar-refractivity contribution in [2.24, 2.45) is 0 Å². The Kier molecular flexibility index (Phi) is 5.06. The minimum absolute atomic E-state index is 0.269. The van der Waals surface area contributed by atoms with Crippen molar-refractivity contribution >= 4 is 15.0 Å². The molecule has 0 saturated heterocycles. The van der Waals surface area contributed by atoms with Crippen LogP contribution >= 0.6 is 0 Å². The molecule has 0 aromatic carbocycles. The van der Waals surface area contributed by atoms with E-state index in [0.29, 0.717) is 0 Å². The third-order valence-electron chi connectivity index (χ3n) is 1.28. The van der Waals surface area contributed by atoms with Crippen LogP contribution in [0.15, 0.2) is 0 Å². The minimum atomic E-state index is -3.15. The van der Waals surface area contributed by atoms with Gasteiger partial charge in [0.2, 0.25) is 0 Å². The second-order valence-electron chi connectivity index (χ2n) is 1.94. The van der Waals surface area contributed by atoms with E-state index >= 15 is 0 Å². The number of carbonyl (C=O) groups excluding carboxylic acids is 1. The summed E-state index contributed by atoms with van der Waals surface area (Å²) in [5, 5.41) is 0. The Hall–Kier alpha value is -0.433. The van der Waals surface area contributed by atoms with Gasteiger partial charge in [-0.05, 0) is 0 Å². The summed E-state index contributed by atoms with van der Waals surface area (Å²) < 4.78 is 19.4. The van der Waals surface area contributed by atoms with Gasteiger partial charge in [0, 0.05) is 27.8 Å². The lowest BCUT2D eigenvalue weighted by Gasteiger charge is -2.21. The highest BCUT2D eigenvalue weighted by Gasteiger charge is 2.46. The van der Waals surface area contributed by atoms with Crippen molar-refractivity contribution in [3.8, 4) is 0 Å². The van der Waals surface area contributed by atoms with Gasteiger partial charge in [-0.3, -0.25) is 4.79 Å². The molecule has 6 heteroatoms. The van der Waals surface area contributed by atoms with Crippen molar-refractivity contribution in [3.05, 3.63) is 0 Å². The van der Waals surface area contributed by atoms with Crippen LogP contribution in [-0.2, 0) is 22.5 Å². The van der Waals surface area contributed by atoms with Crippen LogP contribution in [-0.4, -0.2) is 36.3 Å². The Morgan fingerprint density at radius 2 is 1.58 bits per heavy atom. The fourth-order valence-corrected chi connectivity index (χ4v) is 1.76. The van der Waals surface area contributed by atoms with E-state index in [-0.39, 0.29) is 6.42 Å². The molecule has 0 saturated carbocycles. The Bertz CT molecular complexity index is 137. The highest BCUT2D eigenvalue weighted by Crippen LogP contribution is 2.08. The largest absolute Gasteiger partial charge is 0.750 e. The molecule has 0 radical (unpaired) electrons. The van der Waals surface area contributed by atoms with E-state index < -0.39 is 15.0 Å². The quantitative estimate of drug-likeness (QED) is 0.590. The Labute approximate surface area is 73.1 Å². The lowest BCUT2D eigenvalue weighted by Crippen LogP contribution is -2.47. The first-order valence-electron chi connectivity index (χ1n) is 3.51. The van der Waals surface area contributed by atoms with Gasteiger partial charge in [-0.25, -0.2) is 0 Å². The molecular formula is C6H14O5Si. The van der Waals surface area contributed by atoms with Gasteiger partial charge in [0.25, 0.3) is 5.97 Å². The fraction of sp³-hybridized carbons (Fsp3) is 0.833. The molecule has 0 heterocycles. The Morgan fingerprint density at radius 3 is 1.83 bits per heavy atom. The normalized spacial score (nSPS) is 11.3. The van der Waals surface area contributed by atoms with E-state index in [1.54, 1.807) is 6.92 Å². The van der Waals surface area contributed by atoms with Crippen LogP contribution in [0.4, 0.5) is 0 Å². The maximum Gasteiger partial charge on any atom is 0.750 e. The van der Waals surface area contributed by atoms with E-state index in [1.165, 1.54) is 21.3 Å². The zero-order valence-corrected chi connectivity index (χ0v) is 8.75. The van der Waals surface area contributed by atoms with Gasteiger partial charge < -0.3 is 17.7 Å². The first-order valence-corrected chi connectivity index (χ1v) is 5.14. The van der Waals surface area contributed by atoms with Crippen LogP contribution in [0.3, 0.4) is 0 Å². The average molecular weight is 194 g/mol. The predicted molar refractivity (Wildman–Crippen MR) is 43.2 cm³/mol. The summed E-state index contributed by atoms with van der Waals surface area (Å²) >= 11 is 0. The molecule has 0 N–H and O–H groups in total. The summed E-state index contributed by atoms with van der Waals surface area (Å²) in [5.74, 6) is -0.396. The van der Waals surface area contributed by atoms with E-state index in [2.05, 4.69) is 0 Å². The number of hydrogen-bond donors (Lipinski definition) is 0. The molecule has 5 nitrogen and oxygen atoms in total. The van der Waals surface area contributed by atoms with Crippen LogP contribution in [0.1, 0.15) is 13.3 Å². The second kappa shape index (κ2) is 5.25. The highest BCUT2D eigenvalue weighted by molar-refractivity contribution is 6.55. The monoisotopic (exact) mass is 194 g/mol. The molecule has 0 aliphatic carbocycles. The summed E-state index contributed by atoms with van der Waals surface area (Å²) in [7, 11) is 0.980. The van der Waals surface area contributed by atoms with E-state index in [1.807, 2.05) is 0 Å². The SMILES string of the molecule is CCC(=O)O[Si](OC)(OC)OC. The molecule has 0 atom stereocenters. The number of carbonyl (C=O) groups is 1. The average Bonchev–Trinajstić information content (AvgIpc) is 2.14. The summed E-state index contributed by atoms with van der Waals surface area (Å²) in [6.07, 6.45) is 0.269. The van der Waals surface area contributed by atoms with Crippen LogP contribution < -0.4 is 0 Å². The summed E-state index contributed by atoms with van der Waals surface area (Å²) in [4.78, 5) is 10.9. The molecule has 0 fully saturated rings. The molecule has 0 amide bonds. The summed E-state index contributed by atoms with van der Waals surface area (Å²) in [5.41, 5.74) is 0. The molecule has 12 heavy (non-hydrogen) atoms. The molecule has 0 aromatic rings. The van der Waals surface area contributed by atoms with Crippen molar-refractivity contribution in [2.45, 2.75) is 13.3 Å². The molecule has 0 aliphatic rings. The van der Waals surface area contributed by atoms with E-state index in [9.17, 15) is 4.79 Å². The van der Waals surface area contributed by atoms with Crippen LogP contribution in [0, 0.1) is 0 Å².